The zero-order valence-electron chi connectivity index (χ0n) is 20.0. The van der Waals surface area contributed by atoms with Gasteiger partial charge in [0.05, 0.1) is 52.4 Å². The molecule has 0 spiro atoms. The van der Waals surface area contributed by atoms with Crippen molar-refractivity contribution in [2.75, 3.05) is 24.8 Å². The Morgan fingerprint density at radius 3 is 2.55 bits per heavy atom. The molecule has 38 heavy (non-hydrogen) atoms. The van der Waals surface area contributed by atoms with Crippen molar-refractivity contribution in [3.05, 3.63) is 69.2 Å². The van der Waals surface area contributed by atoms with Gasteiger partial charge in [-0.15, -0.1) is 0 Å². The summed E-state index contributed by atoms with van der Waals surface area (Å²) in [4.78, 5) is 38.0. The molecule has 2 N–H and O–H groups in total. The van der Waals surface area contributed by atoms with Gasteiger partial charge >= 0.3 is 12.1 Å². The summed E-state index contributed by atoms with van der Waals surface area (Å²) in [7, 11) is 1.10. The van der Waals surface area contributed by atoms with Crippen molar-refractivity contribution in [2.45, 2.75) is 19.0 Å². The van der Waals surface area contributed by atoms with E-state index in [1.165, 1.54) is 24.3 Å². The third-order valence-electron chi connectivity index (χ3n) is 5.45. The maximum atomic E-state index is 13.2. The number of hydrogen-bond donors (Lipinski definition) is 2. The summed E-state index contributed by atoms with van der Waals surface area (Å²) in [5.74, 6) is -5.09. The zero-order valence-corrected chi connectivity index (χ0v) is 21.6. The lowest BCUT2D eigenvalue weighted by Gasteiger charge is -2.31. The van der Waals surface area contributed by atoms with Crippen LogP contribution >= 0.6 is 23.4 Å². The fraction of sp³-hybridized carbons (Fsp3) is 0.280. The molecule has 13 heteroatoms. The highest BCUT2D eigenvalue weighted by atomic mass is 35.5. The zero-order chi connectivity index (χ0) is 28.0. The molecule has 8 nitrogen and oxygen atoms in total. The van der Waals surface area contributed by atoms with Crippen LogP contribution < -0.4 is 15.4 Å². The smallest absolute Gasteiger partial charge is 0.418 e. The molecule has 200 valence electrons. The normalized spacial score (nSPS) is 17.3. The minimum absolute atomic E-state index is 0.0214. The maximum Gasteiger partial charge on any atom is 0.418 e. The van der Waals surface area contributed by atoms with Crippen LogP contribution in [0.15, 0.2) is 53.1 Å². The molecule has 0 saturated carbocycles. The number of carbonyl (C=O) groups is 3. The van der Waals surface area contributed by atoms with Crippen molar-refractivity contribution in [3.8, 4) is 11.8 Å². The number of methoxy groups -OCH3 is 1. The topological polar surface area (TPSA) is 118 Å². The maximum absolute atomic E-state index is 13.2. The van der Waals surface area contributed by atoms with Gasteiger partial charge in [-0.3, -0.25) is 14.4 Å². The van der Waals surface area contributed by atoms with Crippen LogP contribution in [0.4, 0.5) is 18.9 Å². The number of carbonyl (C=O) groups excluding carboxylic acids is 3. The Kier molecular flexibility index (Phi) is 9.30. The number of halogens is 4. The number of benzene rings is 2. The molecule has 0 aromatic heterocycles. The SMILES string of the molecule is CCOc1ccc([C@H]2C(C#N)=C(SCC(=O)Nc3ccccc3C(F)(F)F)NC(=O)[C@@H]2C(=O)OC)cc1Cl. The second-order valence-electron chi connectivity index (χ2n) is 7.83. The molecular formula is C25H21ClF3N3O5S. The molecule has 0 aliphatic carbocycles. The van der Waals surface area contributed by atoms with Gasteiger partial charge in [-0.1, -0.05) is 41.6 Å². The van der Waals surface area contributed by atoms with E-state index in [4.69, 9.17) is 21.1 Å². The first-order valence-corrected chi connectivity index (χ1v) is 12.4. The first-order chi connectivity index (χ1) is 18.0. The van der Waals surface area contributed by atoms with Gasteiger partial charge in [-0.05, 0) is 36.8 Å². The van der Waals surface area contributed by atoms with Gasteiger partial charge < -0.3 is 20.1 Å². The van der Waals surface area contributed by atoms with Crippen LogP contribution in [0.3, 0.4) is 0 Å². The summed E-state index contributed by atoms with van der Waals surface area (Å²) in [5.41, 5.74) is -1.15. The standard InChI is InChI=1S/C25H21ClF3N3O5S/c1-3-37-18-9-8-13(10-16(18)26)20-14(11-30)23(32-22(34)21(20)24(35)36-2)38-12-19(33)31-17-7-5-4-6-15(17)25(27,28)29/h4-10,20-21H,3,12H2,1-2H3,(H,31,33)(H,32,34)/t20-,21+/m0/s1. The molecule has 0 unspecified atom stereocenters. The van der Waals surface area contributed by atoms with E-state index in [9.17, 15) is 32.8 Å². The molecule has 1 aliphatic rings. The van der Waals surface area contributed by atoms with Crippen LogP contribution in [0.1, 0.15) is 24.0 Å². The predicted octanol–water partition coefficient (Wildman–Crippen LogP) is 4.87. The first-order valence-electron chi connectivity index (χ1n) is 11.1. The third kappa shape index (κ3) is 6.41. The number of nitrogens with one attached hydrogen (secondary N) is 2. The molecule has 1 heterocycles. The number of hydrogen-bond acceptors (Lipinski definition) is 7. The number of nitriles is 1. The van der Waals surface area contributed by atoms with Crippen LogP contribution in [0, 0.1) is 17.2 Å². The van der Waals surface area contributed by atoms with Crippen LogP contribution in [0.2, 0.25) is 5.02 Å². The van der Waals surface area contributed by atoms with E-state index in [2.05, 4.69) is 10.6 Å². The minimum Gasteiger partial charge on any atom is -0.492 e. The summed E-state index contributed by atoms with van der Waals surface area (Å²) in [6, 6.07) is 11.0. The molecule has 3 rings (SSSR count). The largest absolute Gasteiger partial charge is 0.492 e. The van der Waals surface area contributed by atoms with Gasteiger partial charge in [-0.2, -0.15) is 18.4 Å². The van der Waals surface area contributed by atoms with Crippen LogP contribution in [-0.2, 0) is 25.3 Å². The van der Waals surface area contributed by atoms with Crippen molar-refractivity contribution < 1.29 is 37.0 Å². The number of alkyl halides is 3. The molecule has 0 bridgehead atoms. The number of ether oxygens (including phenoxy) is 2. The van der Waals surface area contributed by atoms with E-state index in [0.717, 1.165) is 31.0 Å². The van der Waals surface area contributed by atoms with E-state index in [1.54, 1.807) is 13.0 Å². The number of amides is 2. The van der Waals surface area contributed by atoms with Crippen molar-refractivity contribution >= 4 is 46.8 Å². The fourth-order valence-electron chi connectivity index (χ4n) is 3.83. The molecule has 2 aromatic carbocycles. The Morgan fingerprint density at radius 2 is 1.95 bits per heavy atom. The van der Waals surface area contributed by atoms with E-state index < -0.39 is 52.8 Å². The van der Waals surface area contributed by atoms with Crippen molar-refractivity contribution in [1.82, 2.24) is 5.32 Å². The Balaban J connectivity index is 1.93. The summed E-state index contributed by atoms with van der Waals surface area (Å²) >= 11 is 7.03. The van der Waals surface area contributed by atoms with E-state index in [0.29, 0.717) is 17.9 Å². The summed E-state index contributed by atoms with van der Waals surface area (Å²) in [5, 5.41) is 14.8. The van der Waals surface area contributed by atoms with E-state index >= 15 is 0 Å². The summed E-state index contributed by atoms with van der Waals surface area (Å²) < 4.78 is 49.9. The summed E-state index contributed by atoms with van der Waals surface area (Å²) in [6.45, 7) is 2.11. The third-order valence-corrected chi connectivity index (χ3v) is 6.77. The monoisotopic (exact) mass is 567 g/mol. The molecule has 1 aliphatic heterocycles. The van der Waals surface area contributed by atoms with Crippen LogP contribution in [-0.4, -0.2) is 37.3 Å². The van der Waals surface area contributed by atoms with Crippen molar-refractivity contribution in [1.29, 1.82) is 5.26 Å². The second kappa shape index (κ2) is 12.2. The lowest BCUT2D eigenvalue weighted by atomic mass is 9.78. The highest BCUT2D eigenvalue weighted by Gasteiger charge is 2.44. The summed E-state index contributed by atoms with van der Waals surface area (Å²) in [6.07, 6.45) is -4.68. The van der Waals surface area contributed by atoms with Crippen LogP contribution in [0.5, 0.6) is 5.75 Å². The average molecular weight is 568 g/mol. The molecule has 2 atom stereocenters. The lowest BCUT2D eigenvalue weighted by molar-refractivity contribution is -0.150. The Labute approximate surface area is 225 Å². The number of nitrogens with zero attached hydrogens (tertiary/aromatic N) is 1. The average Bonchev–Trinajstić information content (AvgIpc) is 2.87. The lowest BCUT2D eigenvalue weighted by Crippen LogP contribution is -2.44. The van der Waals surface area contributed by atoms with Gasteiger partial charge in [0.2, 0.25) is 11.8 Å². The van der Waals surface area contributed by atoms with Gasteiger partial charge in [0.1, 0.15) is 11.7 Å². The second-order valence-corrected chi connectivity index (χ2v) is 9.22. The van der Waals surface area contributed by atoms with Gasteiger partial charge in [-0.25, -0.2) is 0 Å². The molecule has 0 radical (unpaired) electrons. The first kappa shape index (κ1) is 28.9. The molecule has 2 aromatic rings. The molecule has 0 fully saturated rings. The fourth-order valence-corrected chi connectivity index (χ4v) is 4.92. The van der Waals surface area contributed by atoms with Gasteiger partial charge in [0.25, 0.3) is 0 Å². The van der Waals surface area contributed by atoms with Gasteiger partial charge in [0, 0.05) is 5.92 Å². The highest BCUT2D eigenvalue weighted by Crippen LogP contribution is 2.42. The van der Waals surface area contributed by atoms with Crippen LogP contribution in [0.25, 0.3) is 0 Å². The quantitative estimate of drug-likeness (QED) is 0.345. The number of allylic oxidation sites excluding steroid dienone is 1. The molecule has 0 saturated heterocycles. The van der Waals surface area contributed by atoms with E-state index in [-0.39, 0.29) is 15.6 Å². The Morgan fingerprint density at radius 1 is 1.24 bits per heavy atom. The number of esters is 1. The Bertz CT molecular complexity index is 1330. The number of anilines is 1. The molecule has 2 amide bonds. The predicted molar refractivity (Wildman–Crippen MR) is 134 cm³/mol. The number of para-hydroxylation sites is 1. The molecular weight excluding hydrogens is 547 g/mol. The van der Waals surface area contributed by atoms with Crippen molar-refractivity contribution in [3.63, 3.8) is 0 Å². The van der Waals surface area contributed by atoms with Gasteiger partial charge in [0.15, 0.2) is 0 Å². The highest BCUT2D eigenvalue weighted by molar-refractivity contribution is 8.03. The van der Waals surface area contributed by atoms with Crippen molar-refractivity contribution in [2.24, 2.45) is 5.92 Å². The number of thioether (sulfide) groups is 1. The number of rotatable bonds is 8. The van der Waals surface area contributed by atoms with E-state index in [1.807, 2.05) is 6.07 Å². The minimum atomic E-state index is -4.68. The Hall–Kier alpha value is -3.69.